The van der Waals surface area contributed by atoms with Gasteiger partial charge in [-0.05, 0) is 63.2 Å². The van der Waals surface area contributed by atoms with Gasteiger partial charge in [-0.1, -0.05) is 323 Å². The molecule has 0 aliphatic rings. The van der Waals surface area contributed by atoms with Crippen molar-refractivity contribution in [2.75, 3.05) is 39.6 Å². The minimum atomic E-state index is -4.97. The van der Waals surface area contributed by atoms with Crippen LogP contribution in [-0.4, -0.2) is 96.7 Å². The average molecular weight is 1410 g/mol. The maximum atomic E-state index is 13.1. The van der Waals surface area contributed by atoms with Crippen molar-refractivity contribution >= 4 is 39.5 Å². The SMILES string of the molecule is CCCCCC/C=C\C=C/CCCCCCCC(=O)OC[C@H](COP(=O)(O)OC[C@@H](O)COP(=O)(O)OC[C@@H](COC(=O)CCCCCCCCCC(C)C)OC(=O)CCCCCCCCCCCCCCC)OC(=O)CCCCCCCCCCCCCCCCC(C)CC. The molecule has 19 heteroatoms. The summed E-state index contributed by atoms with van der Waals surface area (Å²) in [5.74, 6) is -0.597. The molecule has 566 valence electrons. The molecule has 0 spiro atoms. The van der Waals surface area contributed by atoms with Crippen LogP contribution in [0.2, 0.25) is 0 Å². The van der Waals surface area contributed by atoms with E-state index < -0.39 is 97.5 Å². The van der Waals surface area contributed by atoms with Gasteiger partial charge in [0.1, 0.15) is 19.3 Å². The minimum Gasteiger partial charge on any atom is -0.462 e. The lowest BCUT2D eigenvalue weighted by Gasteiger charge is -2.21. The number of ether oxygens (including phenoxy) is 4. The van der Waals surface area contributed by atoms with Crippen molar-refractivity contribution in [1.82, 2.24) is 0 Å². The molecule has 0 bridgehead atoms. The molecule has 17 nitrogen and oxygen atoms in total. The number of hydrogen-bond acceptors (Lipinski definition) is 15. The maximum absolute atomic E-state index is 13.1. The Morgan fingerprint density at radius 2 is 0.615 bits per heavy atom. The minimum absolute atomic E-state index is 0.101. The van der Waals surface area contributed by atoms with Crippen molar-refractivity contribution in [2.24, 2.45) is 11.8 Å². The summed E-state index contributed by atoms with van der Waals surface area (Å²) in [6.07, 6.45) is 59.0. The summed E-state index contributed by atoms with van der Waals surface area (Å²) < 4.78 is 68.5. The van der Waals surface area contributed by atoms with E-state index >= 15 is 0 Å². The van der Waals surface area contributed by atoms with Gasteiger partial charge in [-0.2, -0.15) is 0 Å². The van der Waals surface area contributed by atoms with Crippen molar-refractivity contribution < 1.29 is 80.2 Å². The molecule has 3 unspecified atom stereocenters. The Balaban J connectivity index is 5.28. The van der Waals surface area contributed by atoms with Gasteiger partial charge in [-0.25, -0.2) is 9.13 Å². The molecule has 0 aliphatic heterocycles. The molecule has 96 heavy (non-hydrogen) atoms. The maximum Gasteiger partial charge on any atom is 0.472 e. The quantitative estimate of drug-likeness (QED) is 0.0169. The van der Waals surface area contributed by atoms with Gasteiger partial charge >= 0.3 is 39.5 Å². The topological polar surface area (TPSA) is 237 Å². The van der Waals surface area contributed by atoms with Crippen LogP contribution in [0.3, 0.4) is 0 Å². The highest BCUT2D eigenvalue weighted by Gasteiger charge is 2.30. The summed E-state index contributed by atoms with van der Waals surface area (Å²) in [5.41, 5.74) is 0. The number of phosphoric acid groups is 2. The Morgan fingerprint density at radius 1 is 0.344 bits per heavy atom. The first-order valence-corrected chi connectivity index (χ1v) is 42.3. The fourth-order valence-corrected chi connectivity index (χ4v) is 12.8. The summed E-state index contributed by atoms with van der Waals surface area (Å²) in [6, 6.07) is 0. The van der Waals surface area contributed by atoms with Crippen LogP contribution in [0.15, 0.2) is 24.3 Å². The summed E-state index contributed by atoms with van der Waals surface area (Å²) in [4.78, 5) is 72.8. The number of carbonyl (C=O) groups excluding carboxylic acids is 4. The van der Waals surface area contributed by atoms with Gasteiger partial charge in [0.05, 0.1) is 26.4 Å². The number of allylic oxidation sites excluding steroid dienone is 4. The van der Waals surface area contributed by atoms with E-state index in [2.05, 4.69) is 65.8 Å². The van der Waals surface area contributed by atoms with E-state index in [0.717, 1.165) is 121 Å². The first kappa shape index (κ1) is 93.5. The molecule has 0 saturated carbocycles. The third-order valence-electron chi connectivity index (χ3n) is 17.7. The van der Waals surface area contributed by atoms with Crippen LogP contribution in [0, 0.1) is 11.8 Å². The van der Waals surface area contributed by atoms with Gasteiger partial charge in [0.15, 0.2) is 12.2 Å². The van der Waals surface area contributed by atoms with Gasteiger partial charge in [0.25, 0.3) is 0 Å². The number of hydrogen-bond donors (Lipinski definition) is 3. The van der Waals surface area contributed by atoms with Crippen LogP contribution < -0.4 is 0 Å². The van der Waals surface area contributed by atoms with E-state index in [9.17, 15) is 43.2 Å². The van der Waals surface area contributed by atoms with E-state index in [4.69, 9.17) is 37.0 Å². The van der Waals surface area contributed by atoms with Gasteiger partial charge < -0.3 is 33.8 Å². The normalized spacial score (nSPS) is 14.4. The van der Waals surface area contributed by atoms with Crippen LogP contribution in [0.4, 0.5) is 0 Å². The molecule has 0 aliphatic carbocycles. The second-order valence-electron chi connectivity index (χ2n) is 27.8. The number of carbonyl (C=O) groups is 4. The number of unbranched alkanes of at least 4 members (excludes halogenated alkanes) is 40. The van der Waals surface area contributed by atoms with E-state index in [1.807, 2.05) is 0 Å². The van der Waals surface area contributed by atoms with Gasteiger partial charge in [0.2, 0.25) is 0 Å². The summed E-state index contributed by atoms with van der Waals surface area (Å²) in [7, 11) is -9.92. The Kier molecular flexibility index (Phi) is 66.6. The Labute approximate surface area is 586 Å². The van der Waals surface area contributed by atoms with Crippen molar-refractivity contribution in [1.29, 1.82) is 0 Å². The fourth-order valence-electron chi connectivity index (χ4n) is 11.3. The number of esters is 4. The van der Waals surface area contributed by atoms with Crippen molar-refractivity contribution in [2.45, 2.75) is 394 Å². The third-order valence-corrected chi connectivity index (χ3v) is 19.6. The largest absolute Gasteiger partial charge is 0.472 e. The second-order valence-corrected chi connectivity index (χ2v) is 30.7. The first-order chi connectivity index (χ1) is 46.4. The van der Waals surface area contributed by atoms with Crippen molar-refractivity contribution in [3.63, 3.8) is 0 Å². The van der Waals surface area contributed by atoms with Crippen LogP contribution in [0.1, 0.15) is 375 Å². The van der Waals surface area contributed by atoms with E-state index in [1.165, 1.54) is 167 Å². The zero-order valence-electron chi connectivity index (χ0n) is 62.2. The number of rotatable bonds is 74. The molecule has 0 radical (unpaired) electrons. The molecule has 0 aromatic rings. The van der Waals surface area contributed by atoms with Crippen LogP contribution in [0.5, 0.6) is 0 Å². The molecule has 0 aromatic heterocycles. The standard InChI is InChI=1S/C77H146O17P2/c1-7-10-12-14-16-18-20-22-23-28-31-35-41-47-53-59-74(79)87-65-72(93-77(82)62-56-50-43-37-33-29-25-24-27-30-34-40-46-52-58-70(6)9-3)67-91-95(83,84)89-63-71(78)64-90-96(85,86)92-68-73(66-88-75(80)60-54-48-44-38-39-45-51-57-69(4)5)94-76(81)61-55-49-42-36-32-26-21-19-17-15-13-11-8-2/h18,20,22-23,69-73,78H,7-17,19,21,24-68H2,1-6H3,(H,83,84)(H,85,86)/b20-18-,23-22-/t70?,71-,72-,73-/m1/s1. The van der Waals surface area contributed by atoms with Gasteiger partial charge in [0, 0.05) is 25.7 Å². The lowest BCUT2D eigenvalue weighted by atomic mass is 9.99. The summed E-state index contributed by atoms with van der Waals surface area (Å²) >= 11 is 0. The van der Waals surface area contributed by atoms with Crippen LogP contribution in [-0.2, 0) is 65.4 Å². The molecular formula is C77H146O17P2. The fraction of sp³-hybridized carbons (Fsp3) is 0.896. The predicted molar refractivity (Wildman–Crippen MR) is 391 cm³/mol. The molecule has 0 amide bonds. The van der Waals surface area contributed by atoms with Crippen LogP contribution in [0.25, 0.3) is 0 Å². The molecule has 0 aromatic carbocycles. The predicted octanol–water partition coefficient (Wildman–Crippen LogP) is 22.3. The van der Waals surface area contributed by atoms with E-state index in [0.29, 0.717) is 31.6 Å². The monoisotopic (exact) mass is 1410 g/mol. The second kappa shape index (κ2) is 68.3. The Bertz CT molecular complexity index is 1950. The number of phosphoric ester groups is 2. The lowest BCUT2D eigenvalue weighted by molar-refractivity contribution is -0.161. The summed E-state index contributed by atoms with van der Waals surface area (Å²) in [6.45, 7) is 9.53. The highest BCUT2D eigenvalue weighted by Crippen LogP contribution is 2.45. The molecule has 0 fully saturated rings. The highest BCUT2D eigenvalue weighted by molar-refractivity contribution is 7.47. The van der Waals surface area contributed by atoms with Crippen molar-refractivity contribution in [3.8, 4) is 0 Å². The number of aliphatic hydroxyl groups is 1. The summed E-state index contributed by atoms with van der Waals surface area (Å²) in [5, 5.41) is 10.6. The smallest absolute Gasteiger partial charge is 0.462 e. The van der Waals surface area contributed by atoms with E-state index in [-0.39, 0.29) is 25.7 Å². The molecule has 0 rings (SSSR count). The zero-order chi connectivity index (χ0) is 70.7. The Hall–Kier alpha value is -2.46. The lowest BCUT2D eigenvalue weighted by Crippen LogP contribution is -2.30. The zero-order valence-corrected chi connectivity index (χ0v) is 63.9. The van der Waals surface area contributed by atoms with Gasteiger partial charge in [-0.15, -0.1) is 0 Å². The molecule has 3 N–H and O–H groups in total. The molecule has 6 atom stereocenters. The molecule has 0 saturated heterocycles. The molecule has 0 heterocycles. The Morgan fingerprint density at radius 3 is 0.938 bits per heavy atom. The third kappa shape index (κ3) is 68.7. The van der Waals surface area contributed by atoms with Crippen molar-refractivity contribution in [3.05, 3.63) is 24.3 Å². The highest BCUT2D eigenvalue weighted by atomic mass is 31.2. The average Bonchev–Trinajstić information content (AvgIpc) is 1.14. The van der Waals surface area contributed by atoms with E-state index in [1.54, 1.807) is 0 Å². The number of aliphatic hydroxyl groups excluding tert-OH is 1. The molecular weight excluding hydrogens is 1260 g/mol. The first-order valence-electron chi connectivity index (χ1n) is 39.3. The van der Waals surface area contributed by atoms with Gasteiger partial charge in [-0.3, -0.25) is 37.3 Å². The van der Waals surface area contributed by atoms with Crippen LogP contribution >= 0.6 is 15.6 Å².